The van der Waals surface area contributed by atoms with Gasteiger partial charge in [0.2, 0.25) is 0 Å². The molecule has 0 saturated heterocycles. The zero-order valence-corrected chi connectivity index (χ0v) is 18.1. The van der Waals surface area contributed by atoms with Crippen LogP contribution in [0.15, 0.2) is 34.9 Å². The minimum Gasteiger partial charge on any atom is -0.316 e. The first-order chi connectivity index (χ1) is 12.6. The maximum absolute atomic E-state index is 12.3. The van der Waals surface area contributed by atoms with Gasteiger partial charge >= 0.3 is 0 Å². The van der Waals surface area contributed by atoms with Crippen LogP contribution in [0.5, 0.6) is 0 Å². The molecule has 2 heteroatoms. The van der Waals surface area contributed by atoms with Gasteiger partial charge < -0.3 is 5.32 Å². The molecule has 1 fully saturated rings. The van der Waals surface area contributed by atoms with E-state index in [1.54, 1.807) is 18.1 Å². The summed E-state index contributed by atoms with van der Waals surface area (Å²) in [7, 11) is 2.12. The minimum absolute atomic E-state index is 0.0138. The molecule has 0 unspecified atom stereocenters. The van der Waals surface area contributed by atoms with Crippen molar-refractivity contribution >= 4 is 5.78 Å². The Morgan fingerprint density at radius 2 is 1.67 bits per heavy atom. The number of carbonyl (C=O) groups excluding carboxylic acids is 1. The van der Waals surface area contributed by atoms with Crippen LogP contribution in [0.25, 0.3) is 0 Å². The fourth-order valence-electron chi connectivity index (χ4n) is 7.31. The average molecular weight is 368 g/mol. The van der Waals surface area contributed by atoms with Crippen LogP contribution < -0.4 is 5.32 Å². The second kappa shape index (κ2) is 6.17. The Bertz CT molecular complexity index is 754. The van der Waals surface area contributed by atoms with Crippen LogP contribution >= 0.6 is 0 Å². The Morgan fingerprint density at radius 3 is 2.33 bits per heavy atom. The number of ketones is 1. The van der Waals surface area contributed by atoms with Crippen molar-refractivity contribution in [2.24, 2.45) is 28.1 Å². The summed E-state index contributed by atoms with van der Waals surface area (Å²) in [5, 5.41) is 3.57. The van der Waals surface area contributed by atoms with Gasteiger partial charge in [-0.05, 0) is 80.7 Å². The summed E-state index contributed by atoms with van der Waals surface area (Å²) in [6, 6.07) is 0.568. The van der Waals surface area contributed by atoms with Gasteiger partial charge in [0.1, 0.15) is 0 Å². The van der Waals surface area contributed by atoms with Crippen molar-refractivity contribution in [3.8, 4) is 0 Å². The van der Waals surface area contributed by atoms with Crippen LogP contribution in [0.3, 0.4) is 0 Å². The quantitative estimate of drug-likeness (QED) is 0.643. The van der Waals surface area contributed by atoms with Crippen molar-refractivity contribution in [2.75, 3.05) is 7.05 Å². The van der Waals surface area contributed by atoms with Gasteiger partial charge in [-0.15, -0.1) is 0 Å². The summed E-state index contributed by atoms with van der Waals surface area (Å²) < 4.78 is 0. The van der Waals surface area contributed by atoms with Gasteiger partial charge in [0.25, 0.3) is 0 Å². The molecule has 4 aliphatic rings. The highest BCUT2D eigenvalue weighted by atomic mass is 16.1. The molecule has 4 aliphatic carbocycles. The normalized spacial score (nSPS) is 42.7. The van der Waals surface area contributed by atoms with Crippen molar-refractivity contribution in [1.82, 2.24) is 5.32 Å². The van der Waals surface area contributed by atoms with Gasteiger partial charge in [-0.3, -0.25) is 4.79 Å². The Hall–Kier alpha value is -1.15. The first-order valence-electron chi connectivity index (χ1n) is 10.9. The number of nitrogens with one attached hydrogen (secondary N) is 1. The molecule has 5 atom stereocenters. The van der Waals surface area contributed by atoms with Crippen LogP contribution in [0.4, 0.5) is 0 Å². The van der Waals surface area contributed by atoms with Gasteiger partial charge in [-0.1, -0.05) is 57.1 Å². The van der Waals surface area contributed by atoms with Crippen molar-refractivity contribution < 1.29 is 4.79 Å². The lowest BCUT2D eigenvalue weighted by Crippen LogP contribution is -2.47. The Morgan fingerprint density at radius 1 is 1.00 bits per heavy atom. The number of allylic oxidation sites excluding steroid dienone is 5. The first-order valence-corrected chi connectivity index (χ1v) is 10.9. The lowest BCUT2D eigenvalue weighted by atomic mass is 9.52. The Kier molecular flexibility index (Phi) is 4.39. The molecule has 1 N–H and O–H groups in total. The Balaban J connectivity index is 1.70. The van der Waals surface area contributed by atoms with E-state index in [1.807, 2.05) is 0 Å². The molecular formula is C25H37NO. The minimum atomic E-state index is 0.0138. The van der Waals surface area contributed by atoms with E-state index in [-0.39, 0.29) is 16.6 Å². The van der Waals surface area contributed by atoms with E-state index in [0.29, 0.717) is 23.3 Å². The van der Waals surface area contributed by atoms with Crippen molar-refractivity contribution in [3.05, 3.63) is 34.9 Å². The van der Waals surface area contributed by atoms with E-state index in [4.69, 9.17) is 0 Å². The van der Waals surface area contributed by atoms with E-state index in [0.717, 1.165) is 31.3 Å². The number of Topliss-reactive ketones (excluding diaryl/α,β-unsaturated/α-hetero) is 1. The summed E-state index contributed by atoms with van der Waals surface area (Å²) in [6.45, 7) is 11.5. The zero-order valence-electron chi connectivity index (χ0n) is 18.1. The van der Waals surface area contributed by atoms with E-state index in [1.165, 1.54) is 12.8 Å². The number of fused-ring (bicyclic) bond motifs is 4. The highest BCUT2D eigenvalue weighted by Gasteiger charge is 2.58. The van der Waals surface area contributed by atoms with E-state index < -0.39 is 0 Å². The summed E-state index contributed by atoms with van der Waals surface area (Å²) in [5.41, 5.74) is 4.95. The summed E-state index contributed by atoms with van der Waals surface area (Å²) in [4.78, 5) is 12.3. The molecule has 148 valence electrons. The van der Waals surface area contributed by atoms with Gasteiger partial charge in [0.15, 0.2) is 5.78 Å². The molecule has 1 saturated carbocycles. The van der Waals surface area contributed by atoms with Gasteiger partial charge in [0, 0.05) is 11.5 Å². The summed E-state index contributed by atoms with van der Waals surface area (Å²) in [5.74, 6) is 1.56. The Labute approximate surface area is 165 Å². The van der Waals surface area contributed by atoms with Gasteiger partial charge in [-0.2, -0.15) is 0 Å². The van der Waals surface area contributed by atoms with Crippen molar-refractivity contribution in [3.63, 3.8) is 0 Å². The third-order valence-corrected chi connectivity index (χ3v) is 9.31. The predicted octanol–water partition coefficient (Wildman–Crippen LogP) is 5.61. The zero-order chi connectivity index (χ0) is 19.6. The molecule has 0 spiro atoms. The highest BCUT2D eigenvalue weighted by molar-refractivity contribution is 5.95. The average Bonchev–Trinajstić information content (AvgIpc) is 2.75. The fourth-order valence-corrected chi connectivity index (χ4v) is 7.31. The number of hydrogen-bond donors (Lipinski definition) is 1. The van der Waals surface area contributed by atoms with E-state index >= 15 is 0 Å². The maximum atomic E-state index is 12.3. The molecule has 0 aromatic rings. The monoisotopic (exact) mass is 367 g/mol. The summed E-state index contributed by atoms with van der Waals surface area (Å²) in [6.07, 6.45) is 14.3. The maximum Gasteiger partial charge on any atom is 0.156 e. The fraction of sp³-hybridized carbons (Fsp3) is 0.720. The molecule has 0 aromatic carbocycles. The second-order valence-electron chi connectivity index (χ2n) is 10.6. The predicted molar refractivity (Wildman–Crippen MR) is 112 cm³/mol. The highest BCUT2D eigenvalue weighted by Crippen LogP contribution is 2.66. The lowest BCUT2D eigenvalue weighted by Gasteiger charge is -2.51. The lowest BCUT2D eigenvalue weighted by molar-refractivity contribution is -0.115. The molecule has 0 amide bonds. The molecule has 4 rings (SSSR count). The molecule has 0 radical (unpaired) electrons. The molecule has 2 nitrogen and oxygen atoms in total. The molecule has 0 bridgehead atoms. The molecule has 0 aliphatic heterocycles. The van der Waals surface area contributed by atoms with Crippen LogP contribution in [0.2, 0.25) is 0 Å². The summed E-state index contributed by atoms with van der Waals surface area (Å²) >= 11 is 0. The number of carbonyl (C=O) groups is 1. The second-order valence-corrected chi connectivity index (χ2v) is 10.6. The van der Waals surface area contributed by atoms with Gasteiger partial charge in [-0.25, -0.2) is 0 Å². The third-order valence-electron chi connectivity index (χ3n) is 9.31. The number of rotatable bonds is 2. The topological polar surface area (TPSA) is 29.1 Å². The van der Waals surface area contributed by atoms with Gasteiger partial charge in [0.05, 0.1) is 0 Å². The third kappa shape index (κ3) is 2.51. The molecule has 0 aromatic heterocycles. The van der Waals surface area contributed by atoms with Crippen molar-refractivity contribution in [2.45, 2.75) is 79.2 Å². The first kappa shape index (κ1) is 19.2. The smallest absolute Gasteiger partial charge is 0.156 e. The molecule has 27 heavy (non-hydrogen) atoms. The van der Waals surface area contributed by atoms with Crippen LogP contribution in [-0.2, 0) is 4.79 Å². The van der Waals surface area contributed by atoms with Crippen LogP contribution in [-0.4, -0.2) is 18.9 Å². The SMILES string of the molecule is CN[C@H]1CC=C2CC3=CC[C@]4(C)C(C(C)=O)=CC[C@@]4(C)[C@@H]3CC[C@H]2C1(C)C. The van der Waals surface area contributed by atoms with Crippen LogP contribution in [0, 0.1) is 28.1 Å². The van der Waals surface area contributed by atoms with E-state index in [2.05, 4.69) is 58.3 Å². The van der Waals surface area contributed by atoms with Crippen molar-refractivity contribution in [1.29, 1.82) is 0 Å². The van der Waals surface area contributed by atoms with E-state index in [9.17, 15) is 4.79 Å². The standard InChI is InChI=1S/C25H37NO/c1-16(27)19-12-14-25(5)21-9-8-20-17(7-10-22(26-6)23(20,2)3)15-18(21)11-13-24(19,25)4/h7,11-12,20-22,26H,8-10,13-15H2,1-6H3/t20-,21-,22+,24-,25+/m1/s1. The molecular weight excluding hydrogens is 330 g/mol. The number of hydrogen-bond acceptors (Lipinski definition) is 2. The largest absolute Gasteiger partial charge is 0.316 e. The molecule has 0 heterocycles. The van der Waals surface area contributed by atoms with Crippen LogP contribution in [0.1, 0.15) is 73.1 Å².